The van der Waals surface area contributed by atoms with E-state index in [-0.39, 0.29) is 17.9 Å². The van der Waals surface area contributed by atoms with Crippen LogP contribution in [0, 0.1) is 0 Å². The summed E-state index contributed by atoms with van der Waals surface area (Å²) in [4.78, 5) is 27.2. The lowest BCUT2D eigenvalue weighted by Gasteiger charge is -2.28. The lowest BCUT2D eigenvalue weighted by molar-refractivity contribution is -0.149. The zero-order chi connectivity index (χ0) is 21.7. The second kappa shape index (κ2) is 9.56. The van der Waals surface area contributed by atoms with E-state index in [1.54, 1.807) is 54.6 Å². The Morgan fingerprint density at radius 3 is 2.23 bits per heavy atom. The minimum atomic E-state index is -0.784. The van der Waals surface area contributed by atoms with Crippen LogP contribution in [0.25, 0.3) is 5.76 Å². The van der Waals surface area contributed by atoms with Gasteiger partial charge in [-0.05, 0) is 24.6 Å². The predicted octanol–water partition coefficient (Wildman–Crippen LogP) is 3.13. The second-order valence-corrected chi connectivity index (χ2v) is 6.72. The molecule has 0 spiro atoms. The third kappa shape index (κ3) is 4.22. The van der Waals surface area contributed by atoms with Crippen LogP contribution in [0.15, 0.2) is 60.2 Å². The van der Waals surface area contributed by atoms with Crippen molar-refractivity contribution in [2.75, 3.05) is 27.4 Å². The highest BCUT2D eigenvalue weighted by molar-refractivity contribution is 6.46. The lowest BCUT2D eigenvalue weighted by Crippen LogP contribution is -2.38. The van der Waals surface area contributed by atoms with Gasteiger partial charge >= 0.3 is 0 Å². The minimum Gasteiger partial charge on any atom is -0.507 e. The molecule has 1 atom stereocenters. The van der Waals surface area contributed by atoms with Gasteiger partial charge in [-0.2, -0.15) is 0 Å². The van der Waals surface area contributed by atoms with Crippen molar-refractivity contribution in [1.82, 2.24) is 4.90 Å². The Labute approximate surface area is 175 Å². The van der Waals surface area contributed by atoms with Gasteiger partial charge in [0.15, 0.2) is 6.29 Å². The molecule has 0 bridgehead atoms. The number of ether oxygens (including phenoxy) is 3. The zero-order valence-corrected chi connectivity index (χ0v) is 17.2. The van der Waals surface area contributed by atoms with Gasteiger partial charge in [-0.3, -0.25) is 9.59 Å². The third-order valence-electron chi connectivity index (χ3n) is 4.97. The fraction of sp³-hybridized carbons (Fsp3) is 0.304. The molecular weight excluding hydrogens is 386 g/mol. The molecule has 1 heterocycles. The SMILES string of the molecule is CCOc1ccc(C2/C(=C(/O)c3ccccc3)C(=O)C(=O)N2CC(OC)OC)cc1. The van der Waals surface area contributed by atoms with Crippen LogP contribution in [-0.2, 0) is 19.1 Å². The summed E-state index contributed by atoms with van der Waals surface area (Å²) in [7, 11) is 2.92. The van der Waals surface area contributed by atoms with E-state index in [4.69, 9.17) is 14.2 Å². The minimum absolute atomic E-state index is 0.0288. The van der Waals surface area contributed by atoms with Gasteiger partial charge in [0, 0.05) is 19.8 Å². The second-order valence-electron chi connectivity index (χ2n) is 6.72. The molecular formula is C23H25NO6. The van der Waals surface area contributed by atoms with E-state index >= 15 is 0 Å². The van der Waals surface area contributed by atoms with Gasteiger partial charge in [0.2, 0.25) is 0 Å². The van der Waals surface area contributed by atoms with Crippen LogP contribution in [0.1, 0.15) is 24.1 Å². The van der Waals surface area contributed by atoms with Crippen molar-refractivity contribution in [1.29, 1.82) is 0 Å². The Hall–Kier alpha value is -3.16. The molecule has 0 radical (unpaired) electrons. The number of likely N-dealkylation sites (tertiary alicyclic amines) is 1. The number of ketones is 1. The maximum absolute atomic E-state index is 12.9. The molecule has 2 aromatic rings. The first kappa shape index (κ1) is 21.5. The molecule has 1 aliphatic heterocycles. The number of aliphatic hydroxyl groups is 1. The first-order valence-corrected chi connectivity index (χ1v) is 9.64. The van der Waals surface area contributed by atoms with Crippen LogP contribution in [0.2, 0.25) is 0 Å². The maximum Gasteiger partial charge on any atom is 0.295 e. The maximum atomic E-state index is 12.9. The van der Waals surface area contributed by atoms with E-state index in [2.05, 4.69) is 0 Å². The van der Waals surface area contributed by atoms with E-state index in [1.165, 1.54) is 19.1 Å². The van der Waals surface area contributed by atoms with Crippen molar-refractivity contribution in [2.24, 2.45) is 0 Å². The zero-order valence-electron chi connectivity index (χ0n) is 17.2. The van der Waals surface area contributed by atoms with Crippen molar-refractivity contribution < 1.29 is 28.9 Å². The van der Waals surface area contributed by atoms with Gasteiger partial charge in [-0.1, -0.05) is 42.5 Å². The standard InChI is InChI=1S/C23H25NO6/c1-4-30-17-12-10-15(11-13-17)20-19(21(25)16-8-6-5-7-9-16)22(26)23(27)24(20)14-18(28-2)29-3/h5-13,18,20,25H,4,14H2,1-3H3/b21-19-. The van der Waals surface area contributed by atoms with Crippen LogP contribution >= 0.6 is 0 Å². The molecule has 1 aliphatic rings. The van der Waals surface area contributed by atoms with E-state index in [9.17, 15) is 14.7 Å². The van der Waals surface area contributed by atoms with Crippen LogP contribution < -0.4 is 4.74 Å². The molecule has 30 heavy (non-hydrogen) atoms. The Morgan fingerprint density at radius 2 is 1.67 bits per heavy atom. The number of methoxy groups -OCH3 is 2. The summed E-state index contributed by atoms with van der Waals surface area (Å²) in [5.74, 6) is -1.01. The van der Waals surface area contributed by atoms with Crippen molar-refractivity contribution in [2.45, 2.75) is 19.3 Å². The molecule has 3 rings (SSSR count). The number of hydrogen-bond acceptors (Lipinski definition) is 6. The number of Topliss-reactive ketones (excluding diaryl/α,β-unsaturated/α-hetero) is 1. The monoisotopic (exact) mass is 411 g/mol. The molecule has 1 fully saturated rings. The number of carbonyl (C=O) groups is 2. The van der Waals surface area contributed by atoms with Crippen molar-refractivity contribution >= 4 is 17.4 Å². The van der Waals surface area contributed by atoms with Gasteiger partial charge in [0.05, 0.1) is 24.8 Å². The first-order valence-electron chi connectivity index (χ1n) is 9.64. The largest absolute Gasteiger partial charge is 0.507 e. The molecule has 2 aromatic carbocycles. The summed E-state index contributed by atoms with van der Waals surface area (Å²) in [6, 6.07) is 15.0. The fourth-order valence-electron chi connectivity index (χ4n) is 3.49. The molecule has 1 amide bonds. The van der Waals surface area contributed by atoms with Crippen molar-refractivity contribution in [3.63, 3.8) is 0 Å². The molecule has 7 heteroatoms. The molecule has 7 nitrogen and oxygen atoms in total. The Balaban J connectivity index is 2.11. The predicted molar refractivity (Wildman–Crippen MR) is 111 cm³/mol. The average Bonchev–Trinajstić information content (AvgIpc) is 3.03. The Morgan fingerprint density at radius 1 is 1.03 bits per heavy atom. The van der Waals surface area contributed by atoms with Gasteiger partial charge < -0.3 is 24.2 Å². The Bertz CT molecular complexity index is 918. The summed E-state index contributed by atoms with van der Waals surface area (Å²) in [6.07, 6.45) is -0.717. The summed E-state index contributed by atoms with van der Waals surface area (Å²) in [5.41, 5.74) is 1.16. The highest BCUT2D eigenvalue weighted by Crippen LogP contribution is 2.40. The van der Waals surface area contributed by atoms with E-state index in [0.29, 0.717) is 23.5 Å². The summed E-state index contributed by atoms with van der Waals surface area (Å²) in [6.45, 7) is 2.44. The third-order valence-corrected chi connectivity index (χ3v) is 4.97. The molecule has 0 aromatic heterocycles. The van der Waals surface area contributed by atoms with E-state index in [0.717, 1.165) is 0 Å². The van der Waals surface area contributed by atoms with Gasteiger partial charge in [-0.25, -0.2) is 0 Å². The number of hydrogen-bond donors (Lipinski definition) is 1. The van der Waals surface area contributed by atoms with Crippen LogP contribution in [0.3, 0.4) is 0 Å². The molecule has 0 aliphatic carbocycles. The fourth-order valence-corrected chi connectivity index (χ4v) is 3.49. The quantitative estimate of drug-likeness (QED) is 0.311. The number of rotatable bonds is 8. The van der Waals surface area contributed by atoms with Crippen LogP contribution in [0.5, 0.6) is 5.75 Å². The van der Waals surface area contributed by atoms with E-state index < -0.39 is 24.0 Å². The van der Waals surface area contributed by atoms with E-state index in [1.807, 2.05) is 6.92 Å². The van der Waals surface area contributed by atoms with Gasteiger partial charge in [0.25, 0.3) is 11.7 Å². The van der Waals surface area contributed by atoms with Gasteiger partial charge in [0.1, 0.15) is 11.5 Å². The summed E-state index contributed by atoms with van der Waals surface area (Å²) in [5, 5.41) is 10.9. The summed E-state index contributed by atoms with van der Waals surface area (Å²) >= 11 is 0. The normalized spacial score (nSPS) is 18.3. The smallest absolute Gasteiger partial charge is 0.295 e. The number of aliphatic hydroxyl groups excluding tert-OH is 1. The van der Waals surface area contributed by atoms with Crippen molar-refractivity contribution in [3.8, 4) is 5.75 Å². The first-order chi connectivity index (χ1) is 14.5. The average molecular weight is 411 g/mol. The number of amides is 1. The van der Waals surface area contributed by atoms with Crippen LogP contribution in [0.4, 0.5) is 0 Å². The topological polar surface area (TPSA) is 85.3 Å². The molecule has 1 N–H and O–H groups in total. The number of benzene rings is 2. The summed E-state index contributed by atoms with van der Waals surface area (Å²) < 4.78 is 16.0. The number of carbonyl (C=O) groups excluding carboxylic acids is 2. The highest BCUT2D eigenvalue weighted by Gasteiger charge is 2.46. The molecule has 158 valence electrons. The molecule has 0 saturated carbocycles. The van der Waals surface area contributed by atoms with Gasteiger partial charge in [-0.15, -0.1) is 0 Å². The van der Waals surface area contributed by atoms with Crippen molar-refractivity contribution in [3.05, 3.63) is 71.3 Å². The molecule has 1 unspecified atom stereocenters. The Kier molecular flexibility index (Phi) is 6.87. The highest BCUT2D eigenvalue weighted by atomic mass is 16.7. The number of nitrogens with zero attached hydrogens (tertiary/aromatic N) is 1. The van der Waals surface area contributed by atoms with Crippen LogP contribution in [-0.4, -0.2) is 55.4 Å². The lowest BCUT2D eigenvalue weighted by atomic mass is 9.95. The molecule has 1 saturated heterocycles.